The van der Waals surface area contributed by atoms with Crippen molar-refractivity contribution in [3.8, 4) is 11.5 Å². The first kappa shape index (κ1) is 34.5. The van der Waals surface area contributed by atoms with Crippen molar-refractivity contribution in [2.24, 2.45) is 5.10 Å². The Hall–Kier alpha value is -4.83. The molecule has 8 nitrogen and oxygen atoms in total. The molecule has 0 aliphatic carbocycles. The van der Waals surface area contributed by atoms with Crippen LogP contribution in [0.2, 0.25) is 10.0 Å². The fraction of sp³-hybridized carbons (Fsp3) is 0.135. The first-order valence-corrected chi connectivity index (χ1v) is 17.2. The molecule has 0 atom stereocenters. The predicted molar refractivity (Wildman–Crippen MR) is 191 cm³/mol. The molecule has 0 saturated carbocycles. The molecule has 5 rings (SSSR count). The zero-order valence-corrected chi connectivity index (χ0v) is 28.6. The number of benzene rings is 5. The number of halogens is 2. The van der Waals surface area contributed by atoms with Gasteiger partial charge in [0.25, 0.3) is 15.9 Å². The van der Waals surface area contributed by atoms with Crippen LogP contribution in [0.3, 0.4) is 0 Å². The van der Waals surface area contributed by atoms with Gasteiger partial charge in [-0.2, -0.15) is 5.10 Å². The van der Waals surface area contributed by atoms with Crippen LogP contribution in [-0.2, 0) is 23.2 Å². The summed E-state index contributed by atoms with van der Waals surface area (Å²) in [6, 6.07) is 32.6. The number of nitrogens with one attached hydrogen (secondary N) is 1. The fourth-order valence-electron chi connectivity index (χ4n) is 4.74. The Kier molecular flexibility index (Phi) is 11.4. The van der Waals surface area contributed by atoms with E-state index in [2.05, 4.69) is 10.5 Å². The maximum Gasteiger partial charge on any atom is 0.273 e. The van der Waals surface area contributed by atoms with Gasteiger partial charge in [-0.25, -0.2) is 13.8 Å². The number of aryl methyl sites for hydroxylation is 1. The van der Waals surface area contributed by atoms with Gasteiger partial charge < -0.3 is 9.47 Å². The Morgan fingerprint density at radius 3 is 2.12 bits per heavy atom. The van der Waals surface area contributed by atoms with Crippen molar-refractivity contribution in [1.29, 1.82) is 0 Å². The minimum absolute atomic E-state index is 0.0341. The molecule has 0 heterocycles. The molecule has 5 aromatic carbocycles. The molecule has 1 amide bonds. The zero-order chi connectivity index (χ0) is 34.1. The highest BCUT2D eigenvalue weighted by atomic mass is 35.5. The third-order valence-corrected chi connectivity index (χ3v) is 9.50. The molecule has 0 unspecified atom stereocenters. The van der Waals surface area contributed by atoms with E-state index in [-0.39, 0.29) is 22.7 Å². The number of carbonyl (C=O) groups excluding carboxylic acids is 1. The number of hydrazone groups is 1. The van der Waals surface area contributed by atoms with Crippen LogP contribution in [0.25, 0.3) is 0 Å². The summed E-state index contributed by atoms with van der Waals surface area (Å²) in [4.78, 5) is 13.6. The van der Waals surface area contributed by atoms with Gasteiger partial charge in [0, 0.05) is 10.0 Å². The third-order valence-electron chi connectivity index (χ3n) is 7.22. The van der Waals surface area contributed by atoms with E-state index in [9.17, 15) is 13.2 Å². The summed E-state index contributed by atoms with van der Waals surface area (Å²) in [6.45, 7) is 4.47. The molecular formula is C37H33Cl2N3O5S. The summed E-state index contributed by atoms with van der Waals surface area (Å²) in [5, 5.41) is 5.33. The SMILES string of the molecule is CCOc1cc(/C=N\NC(=O)c2ccccc2N(Cc2ccc(Cl)cc2)S(=O)(=O)c2ccc(C)cc2)ccc1OCc1ccc(Cl)cc1. The second-order valence-corrected chi connectivity index (χ2v) is 13.5. The number of carbonyl (C=O) groups is 1. The summed E-state index contributed by atoms with van der Waals surface area (Å²) in [6.07, 6.45) is 1.47. The lowest BCUT2D eigenvalue weighted by molar-refractivity contribution is 0.0955. The number of amides is 1. The van der Waals surface area contributed by atoms with E-state index >= 15 is 0 Å². The lowest BCUT2D eigenvalue weighted by Crippen LogP contribution is -2.33. The number of hydrogen-bond donors (Lipinski definition) is 1. The molecule has 0 spiro atoms. The van der Waals surface area contributed by atoms with Crippen molar-refractivity contribution in [1.82, 2.24) is 5.43 Å². The lowest BCUT2D eigenvalue weighted by Gasteiger charge is -2.26. The zero-order valence-electron chi connectivity index (χ0n) is 26.3. The second-order valence-electron chi connectivity index (χ2n) is 10.7. The van der Waals surface area contributed by atoms with Gasteiger partial charge in [-0.3, -0.25) is 9.10 Å². The summed E-state index contributed by atoms with van der Waals surface area (Å²) in [7, 11) is -4.09. The third kappa shape index (κ3) is 8.74. The smallest absolute Gasteiger partial charge is 0.273 e. The van der Waals surface area contributed by atoms with Crippen molar-refractivity contribution < 1.29 is 22.7 Å². The molecular weight excluding hydrogens is 669 g/mol. The maximum atomic E-state index is 14.1. The first-order valence-electron chi connectivity index (χ1n) is 15.0. The molecule has 0 aliphatic rings. The largest absolute Gasteiger partial charge is 0.490 e. The molecule has 0 aromatic heterocycles. The second kappa shape index (κ2) is 15.8. The van der Waals surface area contributed by atoms with E-state index in [1.54, 1.807) is 103 Å². The predicted octanol–water partition coefficient (Wildman–Crippen LogP) is 8.44. The number of para-hydroxylation sites is 1. The van der Waals surface area contributed by atoms with Crippen LogP contribution >= 0.6 is 23.2 Å². The molecule has 1 N–H and O–H groups in total. The van der Waals surface area contributed by atoms with Crippen LogP contribution in [0.15, 0.2) is 125 Å². The molecule has 11 heteroatoms. The Balaban J connectivity index is 1.37. The average Bonchev–Trinajstić information content (AvgIpc) is 3.08. The maximum absolute atomic E-state index is 14.1. The van der Waals surface area contributed by atoms with Crippen LogP contribution in [0.1, 0.15) is 39.5 Å². The van der Waals surface area contributed by atoms with Crippen LogP contribution in [0.4, 0.5) is 5.69 Å². The van der Waals surface area contributed by atoms with Crippen molar-refractivity contribution in [3.63, 3.8) is 0 Å². The van der Waals surface area contributed by atoms with Gasteiger partial charge in [0.2, 0.25) is 0 Å². The minimum Gasteiger partial charge on any atom is -0.490 e. The normalized spacial score (nSPS) is 11.3. The number of nitrogens with zero attached hydrogens (tertiary/aromatic N) is 2. The molecule has 5 aromatic rings. The van der Waals surface area contributed by atoms with Crippen LogP contribution in [-0.4, -0.2) is 27.1 Å². The van der Waals surface area contributed by atoms with Crippen molar-refractivity contribution in [2.75, 3.05) is 10.9 Å². The van der Waals surface area contributed by atoms with E-state index in [0.717, 1.165) is 11.1 Å². The number of ether oxygens (including phenoxy) is 2. The number of rotatable bonds is 13. The summed E-state index contributed by atoms with van der Waals surface area (Å²) in [5.41, 5.74) is 6.07. The van der Waals surface area contributed by atoms with Crippen LogP contribution in [0.5, 0.6) is 11.5 Å². The Bertz CT molecular complexity index is 2000. The molecule has 0 fully saturated rings. The van der Waals surface area contributed by atoms with E-state index in [0.29, 0.717) is 45.9 Å². The summed E-state index contributed by atoms with van der Waals surface area (Å²) in [5.74, 6) is 0.485. The van der Waals surface area contributed by atoms with E-state index in [1.807, 2.05) is 26.0 Å². The van der Waals surface area contributed by atoms with Crippen molar-refractivity contribution >= 4 is 51.0 Å². The highest BCUT2D eigenvalue weighted by Gasteiger charge is 2.28. The standard InChI is InChI=1S/C37H33Cl2N3O5S/c1-3-46-36-22-29(14-21-35(36)47-25-28-12-17-31(39)18-13-28)23-40-41-37(43)33-6-4-5-7-34(33)42(24-27-10-15-30(38)16-11-27)48(44,45)32-19-8-26(2)9-20-32/h4-23H,3,24-25H2,1-2H3,(H,41,43)/b40-23-. The van der Waals surface area contributed by atoms with Crippen molar-refractivity contribution in [2.45, 2.75) is 31.9 Å². The minimum atomic E-state index is -4.09. The Morgan fingerprint density at radius 2 is 1.46 bits per heavy atom. The highest BCUT2D eigenvalue weighted by Crippen LogP contribution is 2.31. The van der Waals surface area contributed by atoms with Gasteiger partial charge in [-0.15, -0.1) is 0 Å². The topological polar surface area (TPSA) is 97.3 Å². The van der Waals surface area contributed by atoms with Gasteiger partial charge in [-0.1, -0.05) is 77.3 Å². The molecule has 0 bridgehead atoms. The summed E-state index contributed by atoms with van der Waals surface area (Å²) < 4.78 is 41.1. The molecule has 246 valence electrons. The monoisotopic (exact) mass is 701 g/mol. The molecule has 48 heavy (non-hydrogen) atoms. The molecule has 0 aliphatic heterocycles. The fourth-order valence-corrected chi connectivity index (χ4v) is 6.46. The van der Waals surface area contributed by atoms with Gasteiger partial charge in [0.15, 0.2) is 11.5 Å². The Labute approximate surface area is 290 Å². The van der Waals surface area contributed by atoms with Crippen LogP contribution in [0, 0.1) is 6.92 Å². The number of hydrogen-bond acceptors (Lipinski definition) is 6. The quantitative estimate of drug-likeness (QED) is 0.0982. The van der Waals surface area contributed by atoms with E-state index < -0.39 is 15.9 Å². The van der Waals surface area contributed by atoms with Gasteiger partial charge in [0.05, 0.1) is 35.5 Å². The van der Waals surface area contributed by atoms with Gasteiger partial charge >= 0.3 is 0 Å². The Morgan fingerprint density at radius 1 is 0.812 bits per heavy atom. The highest BCUT2D eigenvalue weighted by molar-refractivity contribution is 7.92. The van der Waals surface area contributed by atoms with Gasteiger partial charge in [0.1, 0.15) is 6.61 Å². The lowest BCUT2D eigenvalue weighted by atomic mass is 10.1. The number of sulfonamides is 1. The first-order chi connectivity index (χ1) is 23.1. The molecule has 0 saturated heterocycles. The van der Waals surface area contributed by atoms with Crippen molar-refractivity contribution in [3.05, 3.63) is 153 Å². The van der Waals surface area contributed by atoms with Gasteiger partial charge in [-0.05, 0) is 97.3 Å². The average molecular weight is 703 g/mol. The van der Waals surface area contributed by atoms with E-state index in [1.165, 1.54) is 10.5 Å². The molecule has 0 radical (unpaired) electrons. The van der Waals surface area contributed by atoms with Crippen LogP contribution < -0.4 is 19.2 Å². The number of anilines is 1. The summed E-state index contributed by atoms with van der Waals surface area (Å²) >= 11 is 12.1. The van der Waals surface area contributed by atoms with E-state index in [4.69, 9.17) is 32.7 Å².